The lowest BCUT2D eigenvalue weighted by Gasteiger charge is -2.04. The number of benzene rings is 1. The number of ketones is 1. The van der Waals surface area contributed by atoms with Crippen LogP contribution in [0, 0.1) is 5.82 Å². The molecule has 2 rings (SSSR count). The van der Waals surface area contributed by atoms with Gasteiger partial charge in [-0.2, -0.15) is 0 Å². The number of esters is 1. The molecule has 0 spiro atoms. The van der Waals surface area contributed by atoms with Crippen molar-refractivity contribution < 1.29 is 23.5 Å². The van der Waals surface area contributed by atoms with Crippen molar-refractivity contribution in [3.05, 3.63) is 45.0 Å². The number of hydrogen-bond donors (Lipinski definition) is 1. The first-order valence-electron chi connectivity index (χ1n) is 6.92. The first-order valence-corrected chi connectivity index (χ1v) is 7.30. The van der Waals surface area contributed by atoms with Gasteiger partial charge in [0.15, 0.2) is 5.78 Å². The van der Waals surface area contributed by atoms with Crippen LogP contribution in [0.5, 0.6) is 5.88 Å². The Balaban J connectivity index is 2.61. The van der Waals surface area contributed by atoms with Crippen molar-refractivity contribution in [2.24, 2.45) is 0 Å². The molecule has 0 aliphatic heterocycles. The molecule has 0 amide bonds. The Kier molecular flexibility index (Phi) is 5.53. The Morgan fingerprint density at radius 1 is 1.38 bits per heavy atom. The molecule has 0 atom stereocenters. The highest BCUT2D eigenvalue weighted by Crippen LogP contribution is 2.22. The van der Waals surface area contributed by atoms with Crippen molar-refractivity contribution in [3.8, 4) is 11.6 Å². The van der Waals surface area contributed by atoms with E-state index < -0.39 is 23.1 Å². The van der Waals surface area contributed by atoms with Gasteiger partial charge in [-0.15, -0.1) is 0 Å². The molecule has 0 fully saturated rings. The minimum Gasteiger partial charge on any atom is -0.407 e. The maximum Gasteiger partial charge on any atom is 0.312 e. The van der Waals surface area contributed by atoms with Crippen LogP contribution >= 0.6 is 11.6 Å². The maximum atomic E-state index is 13.2. The van der Waals surface area contributed by atoms with E-state index in [-0.39, 0.29) is 35.2 Å². The van der Waals surface area contributed by atoms with Gasteiger partial charge >= 0.3 is 5.97 Å². The second-order valence-corrected chi connectivity index (χ2v) is 5.14. The molecule has 1 aromatic carbocycles. The zero-order valence-corrected chi connectivity index (χ0v) is 13.6. The minimum absolute atomic E-state index is 0.0441. The van der Waals surface area contributed by atoms with Gasteiger partial charge in [-0.1, -0.05) is 18.5 Å². The number of rotatable bonds is 6. The summed E-state index contributed by atoms with van der Waals surface area (Å²) in [5, 5.41) is 2.45. The number of nitrogens with one attached hydrogen (secondary N) is 1. The van der Waals surface area contributed by atoms with E-state index in [0.717, 1.165) is 16.8 Å². The van der Waals surface area contributed by atoms with Gasteiger partial charge in [-0.25, -0.2) is 9.07 Å². The molecule has 0 bridgehead atoms. The predicted molar refractivity (Wildman–Crippen MR) is 83.5 cm³/mol. The van der Waals surface area contributed by atoms with Crippen LogP contribution in [0.1, 0.15) is 23.7 Å². The van der Waals surface area contributed by atoms with Gasteiger partial charge in [0, 0.05) is 13.5 Å². The summed E-state index contributed by atoms with van der Waals surface area (Å²) in [5.74, 6) is -2.21. The fourth-order valence-corrected chi connectivity index (χ4v) is 2.21. The number of Topliss-reactive ketones (excluding diaryl/α,β-unsaturated/α-hetero) is 1. The third-order valence-corrected chi connectivity index (χ3v) is 3.37. The Morgan fingerprint density at radius 2 is 2.08 bits per heavy atom. The van der Waals surface area contributed by atoms with Gasteiger partial charge < -0.3 is 9.47 Å². The summed E-state index contributed by atoms with van der Waals surface area (Å²) in [6, 6.07) is 3.37. The lowest BCUT2D eigenvalue weighted by molar-refractivity contribution is -0.134. The Morgan fingerprint density at radius 3 is 2.67 bits per heavy atom. The first kappa shape index (κ1) is 17.9. The van der Waals surface area contributed by atoms with E-state index >= 15 is 0 Å². The van der Waals surface area contributed by atoms with Gasteiger partial charge in [0.05, 0.1) is 10.7 Å². The maximum absolute atomic E-state index is 13.2. The molecule has 2 aromatic rings. The highest BCUT2D eigenvalue weighted by atomic mass is 35.5. The van der Waals surface area contributed by atoms with Crippen LogP contribution in [-0.4, -0.2) is 35.2 Å². The number of carbonyl (C=O) groups is 2. The second kappa shape index (κ2) is 7.41. The van der Waals surface area contributed by atoms with E-state index in [9.17, 15) is 18.8 Å². The van der Waals surface area contributed by atoms with Gasteiger partial charge in [0.2, 0.25) is 5.88 Å². The van der Waals surface area contributed by atoms with E-state index in [1.807, 2.05) is 0 Å². The van der Waals surface area contributed by atoms with Crippen molar-refractivity contribution >= 4 is 23.4 Å². The number of aromatic nitrogens is 2. The standard InChI is InChI=1S/C15H14ClFN2O5/c1-3-12(21)24-14-13(11(20)7-23-2)15(22)19(18-14)10-5-4-8(17)6-9(10)16/h4-6,18H,3,7H2,1-2H3. The summed E-state index contributed by atoms with van der Waals surface area (Å²) < 4.78 is 23.8. The molecule has 0 saturated carbocycles. The second-order valence-electron chi connectivity index (χ2n) is 4.74. The molecular weight excluding hydrogens is 343 g/mol. The summed E-state index contributed by atoms with van der Waals surface area (Å²) >= 11 is 5.93. The lowest BCUT2D eigenvalue weighted by Crippen LogP contribution is -2.22. The van der Waals surface area contributed by atoms with E-state index in [0.29, 0.717) is 0 Å². The number of nitrogens with zero attached hydrogens (tertiary/aromatic N) is 1. The fourth-order valence-electron chi connectivity index (χ4n) is 1.96. The quantitative estimate of drug-likeness (QED) is 0.632. The van der Waals surface area contributed by atoms with E-state index in [1.165, 1.54) is 13.2 Å². The fraction of sp³-hybridized carbons (Fsp3) is 0.267. The van der Waals surface area contributed by atoms with Gasteiger partial charge in [-0.3, -0.25) is 19.5 Å². The highest BCUT2D eigenvalue weighted by molar-refractivity contribution is 6.32. The summed E-state index contributed by atoms with van der Waals surface area (Å²) in [6.45, 7) is 1.19. The number of aromatic amines is 1. The number of ether oxygens (including phenoxy) is 2. The summed E-state index contributed by atoms with van der Waals surface area (Å²) in [5.41, 5.74) is -1.06. The first-order chi connectivity index (χ1) is 11.4. The van der Waals surface area contributed by atoms with Crippen LogP contribution in [0.3, 0.4) is 0 Å². The summed E-state index contributed by atoms with van der Waals surface area (Å²) in [7, 11) is 1.29. The van der Waals surface area contributed by atoms with Gasteiger partial charge in [0.1, 0.15) is 18.0 Å². The normalized spacial score (nSPS) is 10.7. The largest absolute Gasteiger partial charge is 0.407 e. The Bertz CT molecular complexity index is 843. The van der Waals surface area contributed by atoms with Gasteiger partial charge in [0.25, 0.3) is 5.56 Å². The summed E-state index contributed by atoms with van der Waals surface area (Å²) in [6.07, 6.45) is 0.0441. The SMILES string of the molecule is CCC(=O)Oc1[nH]n(-c2ccc(F)cc2Cl)c(=O)c1C(=O)COC. The zero-order valence-electron chi connectivity index (χ0n) is 12.9. The third-order valence-electron chi connectivity index (χ3n) is 3.07. The average Bonchev–Trinajstić information content (AvgIpc) is 2.83. The predicted octanol–water partition coefficient (Wildman–Crippen LogP) is 2.10. The van der Waals surface area contributed by atoms with Gasteiger partial charge in [-0.05, 0) is 18.2 Å². The van der Waals surface area contributed by atoms with Crippen molar-refractivity contribution in [2.45, 2.75) is 13.3 Å². The van der Waals surface area contributed by atoms with Crippen molar-refractivity contribution in [1.29, 1.82) is 0 Å². The molecule has 1 N–H and O–H groups in total. The van der Waals surface area contributed by atoms with Crippen LogP contribution in [0.4, 0.5) is 4.39 Å². The number of hydrogen-bond acceptors (Lipinski definition) is 5. The minimum atomic E-state index is -0.788. The number of halogens is 2. The lowest BCUT2D eigenvalue weighted by atomic mass is 10.2. The molecule has 9 heteroatoms. The average molecular weight is 357 g/mol. The number of carbonyl (C=O) groups excluding carboxylic acids is 2. The molecule has 1 heterocycles. The molecule has 1 aromatic heterocycles. The molecule has 0 aliphatic rings. The molecule has 0 aliphatic carbocycles. The molecule has 24 heavy (non-hydrogen) atoms. The molecule has 0 radical (unpaired) electrons. The van der Waals surface area contributed by atoms with E-state index in [4.69, 9.17) is 21.1 Å². The third kappa shape index (κ3) is 3.55. The monoisotopic (exact) mass is 356 g/mol. The summed E-state index contributed by atoms with van der Waals surface area (Å²) in [4.78, 5) is 36.1. The zero-order chi connectivity index (χ0) is 17.9. The number of H-pyrrole nitrogens is 1. The van der Waals surface area contributed by atoms with Crippen molar-refractivity contribution in [2.75, 3.05) is 13.7 Å². The van der Waals surface area contributed by atoms with Crippen LogP contribution < -0.4 is 10.3 Å². The Hall–Kier alpha value is -2.45. The van der Waals surface area contributed by atoms with Crippen LogP contribution in [0.15, 0.2) is 23.0 Å². The van der Waals surface area contributed by atoms with Crippen molar-refractivity contribution in [1.82, 2.24) is 9.78 Å². The smallest absolute Gasteiger partial charge is 0.312 e. The highest BCUT2D eigenvalue weighted by Gasteiger charge is 2.25. The van der Waals surface area contributed by atoms with E-state index in [1.54, 1.807) is 6.92 Å². The van der Waals surface area contributed by atoms with Crippen LogP contribution in [0.25, 0.3) is 5.69 Å². The molecular formula is C15H14ClFN2O5. The van der Waals surface area contributed by atoms with Crippen molar-refractivity contribution in [3.63, 3.8) is 0 Å². The molecule has 128 valence electrons. The van der Waals surface area contributed by atoms with Crippen LogP contribution in [-0.2, 0) is 9.53 Å². The van der Waals surface area contributed by atoms with Crippen LogP contribution in [0.2, 0.25) is 5.02 Å². The number of methoxy groups -OCH3 is 1. The topological polar surface area (TPSA) is 90.4 Å². The Labute approximate surface area is 140 Å². The van der Waals surface area contributed by atoms with E-state index in [2.05, 4.69) is 5.10 Å². The molecule has 0 saturated heterocycles. The molecule has 7 nitrogen and oxygen atoms in total. The molecule has 0 unspecified atom stereocenters.